The highest BCUT2D eigenvalue weighted by Gasteiger charge is 2.19. The van der Waals surface area contributed by atoms with E-state index in [-0.39, 0.29) is 59.5 Å². The van der Waals surface area contributed by atoms with Crippen molar-refractivity contribution in [2.45, 2.75) is 0 Å². The molecule has 1 heterocycles. The molecule has 0 N–H and O–H groups in total. The van der Waals surface area contributed by atoms with Gasteiger partial charge in [-0.3, -0.25) is 0 Å². The third-order valence-electron chi connectivity index (χ3n) is 14.7. The largest absolute Gasteiger partial charge is 0.311 e. The highest BCUT2D eigenvalue weighted by molar-refractivity contribution is 6.19. The molecular weight excluding hydrogens is 955 g/mol. The van der Waals surface area contributed by atoms with Crippen LogP contribution in [-0.2, 0) is 0 Å². The zero-order chi connectivity index (χ0) is 61.2. The fourth-order valence-electron chi connectivity index (χ4n) is 10.9. The standard InChI is InChI=1S/C76H53N3/c1-6-18-54(19-7-1)56-30-40-68(41-31-56)77(65-23-10-3-11-24-65)70-44-34-58(35-45-70)62-50-63(59-36-46-71(47-37-59)78(66-25-12-4-13-26-66)69-42-32-57(33-43-69)55-20-8-2-9-21-55)52-64(51-62)61-39-48-73-74-49-38-60-22-16-17-29-72(60)76(74)79(75(73)53-61)67-27-14-5-15-28-67/h1-53H/i1D,2D,6D,7D,8D,9D,18D,19D,20D,21D. The molecule has 0 saturated heterocycles. The average molecular weight is 1020 g/mol. The van der Waals surface area contributed by atoms with E-state index in [4.69, 9.17) is 13.7 Å². The van der Waals surface area contributed by atoms with Crippen molar-refractivity contribution in [1.82, 2.24) is 4.57 Å². The van der Waals surface area contributed by atoms with Crippen molar-refractivity contribution in [2.75, 3.05) is 9.80 Å². The fraction of sp³-hybridized carbons (Fsp3) is 0. The second-order valence-electron chi connectivity index (χ2n) is 19.4. The number of anilines is 6. The molecule has 79 heavy (non-hydrogen) atoms. The van der Waals surface area contributed by atoms with Crippen molar-refractivity contribution in [3.8, 4) is 61.3 Å². The zero-order valence-electron chi connectivity index (χ0n) is 52.7. The number of rotatable bonds is 12. The molecule has 0 aliphatic carbocycles. The predicted molar refractivity (Wildman–Crippen MR) is 335 cm³/mol. The lowest BCUT2D eigenvalue weighted by Crippen LogP contribution is -2.09. The summed E-state index contributed by atoms with van der Waals surface area (Å²) in [6.07, 6.45) is 0. The van der Waals surface area contributed by atoms with Gasteiger partial charge in [0, 0.05) is 56.0 Å². The molecular formula is C76H53N3. The first kappa shape index (κ1) is 37.3. The monoisotopic (exact) mass is 1020 g/mol. The summed E-state index contributed by atoms with van der Waals surface area (Å²) in [6.45, 7) is 0. The van der Waals surface area contributed by atoms with Gasteiger partial charge >= 0.3 is 0 Å². The van der Waals surface area contributed by atoms with E-state index in [0.29, 0.717) is 11.1 Å². The van der Waals surface area contributed by atoms with Crippen LogP contribution in [0.2, 0.25) is 0 Å². The van der Waals surface area contributed by atoms with Gasteiger partial charge in [0.25, 0.3) is 0 Å². The second-order valence-corrected chi connectivity index (χ2v) is 19.4. The number of aromatic nitrogens is 1. The van der Waals surface area contributed by atoms with Gasteiger partial charge in [0.05, 0.1) is 24.7 Å². The normalized spacial score (nSPS) is 13.1. The van der Waals surface area contributed by atoms with Crippen molar-refractivity contribution >= 4 is 66.7 Å². The molecule has 0 aliphatic heterocycles. The topological polar surface area (TPSA) is 11.4 Å². The van der Waals surface area contributed by atoms with Crippen molar-refractivity contribution in [1.29, 1.82) is 0 Å². The Morgan fingerprint density at radius 1 is 0.253 bits per heavy atom. The van der Waals surface area contributed by atoms with Gasteiger partial charge in [0.2, 0.25) is 0 Å². The lowest BCUT2D eigenvalue weighted by atomic mass is 9.92. The number of hydrogen-bond acceptors (Lipinski definition) is 2. The Hall–Kier alpha value is -10.5. The molecule has 0 spiro atoms. The third kappa shape index (κ3) is 9.10. The molecule has 0 fully saturated rings. The first-order valence-electron chi connectivity index (χ1n) is 31.2. The average Bonchev–Trinajstić information content (AvgIpc) is 1.67. The Morgan fingerprint density at radius 3 is 1.09 bits per heavy atom. The second kappa shape index (κ2) is 20.6. The van der Waals surface area contributed by atoms with E-state index >= 15 is 0 Å². The van der Waals surface area contributed by atoms with Gasteiger partial charge in [-0.2, -0.15) is 0 Å². The first-order chi connectivity index (χ1) is 43.3. The van der Waals surface area contributed by atoms with Crippen molar-refractivity contribution in [3.63, 3.8) is 0 Å². The number of fused-ring (bicyclic) bond motifs is 5. The van der Waals surface area contributed by atoms with Crippen molar-refractivity contribution < 1.29 is 13.7 Å². The molecule has 14 rings (SSSR count). The molecule has 372 valence electrons. The quantitative estimate of drug-likeness (QED) is 0.121. The van der Waals surface area contributed by atoms with Gasteiger partial charge in [-0.1, -0.05) is 212 Å². The summed E-state index contributed by atoms with van der Waals surface area (Å²) in [5.74, 6) is 0. The van der Waals surface area contributed by atoms with E-state index in [1.165, 1.54) is 16.2 Å². The van der Waals surface area contributed by atoms with E-state index in [1.54, 1.807) is 24.3 Å². The molecule has 0 radical (unpaired) electrons. The number of nitrogens with zero attached hydrogens (tertiary/aromatic N) is 3. The van der Waals surface area contributed by atoms with Gasteiger partial charge < -0.3 is 14.4 Å². The summed E-state index contributed by atoms with van der Waals surface area (Å²) >= 11 is 0. The van der Waals surface area contributed by atoms with Gasteiger partial charge in [-0.25, -0.2) is 0 Å². The minimum absolute atomic E-state index is 0.151. The predicted octanol–water partition coefficient (Wildman–Crippen LogP) is 21.2. The Labute approximate surface area is 475 Å². The molecule has 0 aliphatic rings. The van der Waals surface area contributed by atoms with Gasteiger partial charge in [0.15, 0.2) is 0 Å². The number of benzene rings is 13. The van der Waals surface area contributed by atoms with Crippen LogP contribution in [0, 0.1) is 0 Å². The maximum absolute atomic E-state index is 8.64. The van der Waals surface area contributed by atoms with E-state index in [0.717, 1.165) is 89.6 Å². The molecule has 0 bridgehead atoms. The minimum atomic E-state index is -0.428. The third-order valence-corrected chi connectivity index (χ3v) is 14.7. The lowest BCUT2D eigenvalue weighted by Gasteiger charge is -2.26. The lowest BCUT2D eigenvalue weighted by molar-refractivity contribution is 1.19. The SMILES string of the molecule is [2H]c1c([2H])c([2H])c(-c2ccc(N(c3ccccc3)c3ccc(-c4cc(-c5ccc(N(c6ccccc6)c6ccc(-c7c([2H])c([2H])c([2H])c([2H])c7[2H])cc6)cc5)cc(-c5ccc6c7ccc8ccccc8c7n(-c7ccccc7)c6c5)c4)cc3)cc2)c([2H])c1[2H]. The minimum Gasteiger partial charge on any atom is -0.311 e. The maximum Gasteiger partial charge on any atom is 0.0629 e. The summed E-state index contributed by atoms with van der Waals surface area (Å²) in [6, 6.07) is 85.7. The van der Waals surface area contributed by atoms with Crippen molar-refractivity contribution in [3.05, 3.63) is 321 Å². The number of hydrogen-bond donors (Lipinski definition) is 0. The van der Waals surface area contributed by atoms with Gasteiger partial charge in [0.1, 0.15) is 0 Å². The Bertz CT molecular complexity index is 4760. The summed E-state index contributed by atoms with van der Waals surface area (Å²) in [5.41, 5.74) is 16.0. The Morgan fingerprint density at radius 2 is 0.620 bits per heavy atom. The van der Waals surface area contributed by atoms with E-state index in [2.05, 4.69) is 160 Å². The molecule has 0 atom stereocenters. The van der Waals surface area contributed by atoms with Crippen LogP contribution in [-0.4, -0.2) is 4.57 Å². The molecule has 13 aromatic carbocycles. The van der Waals surface area contributed by atoms with Gasteiger partial charge in [-0.15, -0.1) is 0 Å². The fourth-order valence-corrected chi connectivity index (χ4v) is 10.9. The molecule has 3 nitrogen and oxygen atoms in total. The molecule has 3 heteroatoms. The summed E-state index contributed by atoms with van der Waals surface area (Å²) in [4.78, 5) is 4.27. The Kier molecular flexibility index (Phi) is 9.71. The van der Waals surface area contributed by atoms with Crippen LogP contribution in [0.15, 0.2) is 321 Å². The summed E-state index contributed by atoms with van der Waals surface area (Å²) in [5, 5.41) is 4.67. The molecule has 0 amide bonds. The summed E-state index contributed by atoms with van der Waals surface area (Å²) < 4.78 is 86.4. The zero-order valence-corrected chi connectivity index (χ0v) is 42.7. The first-order valence-corrected chi connectivity index (χ1v) is 26.2. The van der Waals surface area contributed by atoms with E-state index < -0.39 is 12.1 Å². The maximum atomic E-state index is 8.64. The van der Waals surface area contributed by atoms with Crippen molar-refractivity contribution in [2.24, 2.45) is 0 Å². The molecule has 14 aromatic rings. The summed E-state index contributed by atoms with van der Waals surface area (Å²) in [7, 11) is 0. The van der Waals surface area contributed by atoms with Crippen LogP contribution in [0.25, 0.3) is 93.9 Å². The van der Waals surface area contributed by atoms with Gasteiger partial charge in [-0.05, 0) is 170 Å². The smallest absolute Gasteiger partial charge is 0.0629 e. The highest BCUT2D eigenvalue weighted by Crippen LogP contribution is 2.43. The van der Waals surface area contributed by atoms with E-state index in [1.807, 2.05) is 91.0 Å². The number of para-hydroxylation sites is 3. The van der Waals surface area contributed by atoms with Crippen LogP contribution < -0.4 is 9.80 Å². The molecule has 0 saturated carbocycles. The van der Waals surface area contributed by atoms with Crippen LogP contribution in [0.5, 0.6) is 0 Å². The van der Waals surface area contributed by atoms with Crippen LogP contribution in [0.4, 0.5) is 34.1 Å². The van der Waals surface area contributed by atoms with Crippen LogP contribution in [0.3, 0.4) is 0 Å². The molecule has 1 aromatic heterocycles. The van der Waals surface area contributed by atoms with Crippen LogP contribution in [0.1, 0.15) is 13.7 Å². The van der Waals surface area contributed by atoms with Crippen LogP contribution >= 0.6 is 0 Å². The van der Waals surface area contributed by atoms with E-state index in [9.17, 15) is 0 Å². The molecule has 0 unspecified atom stereocenters. The Balaban J connectivity index is 0.885. The highest BCUT2D eigenvalue weighted by atomic mass is 15.1.